The number of aliphatic hydroxyl groups is 1. The smallest absolute Gasteiger partial charge is 0.341 e. The molecule has 0 aliphatic heterocycles. The fourth-order valence-corrected chi connectivity index (χ4v) is 5.44. The number of carboxylic acid groups (broad SMARTS) is 1. The summed E-state index contributed by atoms with van der Waals surface area (Å²) in [5, 5.41) is 19.7. The molecule has 1 aromatic carbocycles. The van der Waals surface area contributed by atoms with Gasteiger partial charge in [-0.3, -0.25) is 0 Å². The van der Waals surface area contributed by atoms with Crippen molar-refractivity contribution in [1.82, 2.24) is 0 Å². The molecule has 1 aromatic rings. The number of aliphatic hydroxyl groups excluding tert-OH is 1. The summed E-state index contributed by atoms with van der Waals surface area (Å²) in [5.41, 5.74) is 2.44. The molecule has 0 amide bonds. The van der Waals surface area contributed by atoms with Gasteiger partial charge in [-0.2, -0.15) is 0 Å². The lowest BCUT2D eigenvalue weighted by Crippen LogP contribution is -2.27. The minimum absolute atomic E-state index is 0.199. The standard InChI is InChI=1S/C24H36O4.C2H6/c1-3-4-5-7-16(2)10-11-19-20-12-17-8-6-9-23(28-15-24(26)27)21(17)13-18(20)14-22(19)25;1-2/h6,8-9,16,18-20,22,25H,3-5,7,10-15H2,1-2H3,(H,26,27);1-2H3/t16?,18?,19?,20?,22-;/m1./s1. The van der Waals surface area contributed by atoms with Crippen molar-refractivity contribution in [2.45, 2.75) is 91.6 Å². The first kappa shape index (κ1) is 24.7. The van der Waals surface area contributed by atoms with E-state index < -0.39 is 5.97 Å². The van der Waals surface area contributed by atoms with E-state index in [1.165, 1.54) is 37.7 Å². The lowest BCUT2D eigenvalue weighted by molar-refractivity contribution is -0.139. The first-order valence-corrected chi connectivity index (χ1v) is 12.1. The molecule has 2 aliphatic rings. The van der Waals surface area contributed by atoms with Gasteiger partial charge < -0.3 is 14.9 Å². The number of hydrogen-bond acceptors (Lipinski definition) is 3. The lowest BCUT2D eigenvalue weighted by Gasteiger charge is -2.32. The van der Waals surface area contributed by atoms with Crippen molar-refractivity contribution in [2.24, 2.45) is 23.7 Å². The molecule has 3 rings (SSSR count). The number of aliphatic carboxylic acids is 1. The summed E-state index contributed by atoms with van der Waals surface area (Å²) in [5.74, 6) is 1.93. The van der Waals surface area contributed by atoms with E-state index in [2.05, 4.69) is 19.9 Å². The summed E-state index contributed by atoms with van der Waals surface area (Å²) < 4.78 is 5.53. The van der Waals surface area contributed by atoms with Gasteiger partial charge in [-0.1, -0.05) is 71.9 Å². The van der Waals surface area contributed by atoms with Crippen LogP contribution in [0, 0.1) is 23.7 Å². The van der Waals surface area contributed by atoms with E-state index in [4.69, 9.17) is 9.84 Å². The molecule has 30 heavy (non-hydrogen) atoms. The fourth-order valence-electron chi connectivity index (χ4n) is 5.44. The Morgan fingerprint density at radius 2 is 1.97 bits per heavy atom. The molecule has 2 aliphatic carbocycles. The van der Waals surface area contributed by atoms with Crippen molar-refractivity contribution in [2.75, 3.05) is 6.61 Å². The molecule has 4 heteroatoms. The Morgan fingerprint density at radius 1 is 1.20 bits per heavy atom. The third-order valence-electron chi connectivity index (χ3n) is 6.99. The van der Waals surface area contributed by atoms with Crippen molar-refractivity contribution in [3.63, 3.8) is 0 Å². The highest BCUT2D eigenvalue weighted by atomic mass is 16.5. The van der Waals surface area contributed by atoms with Gasteiger partial charge in [0.15, 0.2) is 6.61 Å². The van der Waals surface area contributed by atoms with E-state index in [1.54, 1.807) is 0 Å². The predicted molar refractivity (Wildman–Crippen MR) is 122 cm³/mol. The van der Waals surface area contributed by atoms with Gasteiger partial charge in [-0.05, 0) is 66.5 Å². The molecule has 170 valence electrons. The van der Waals surface area contributed by atoms with Gasteiger partial charge in [-0.25, -0.2) is 4.79 Å². The third kappa shape index (κ3) is 6.47. The van der Waals surface area contributed by atoms with Crippen LogP contribution in [0.15, 0.2) is 18.2 Å². The molecule has 1 fully saturated rings. The number of fused-ring (bicyclic) bond motifs is 2. The average Bonchev–Trinajstić information content (AvgIpc) is 3.04. The van der Waals surface area contributed by atoms with Crippen LogP contribution < -0.4 is 4.74 Å². The second kappa shape index (κ2) is 12.3. The molecule has 5 atom stereocenters. The summed E-state index contributed by atoms with van der Waals surface area (Å²) in [6.45, 7) is 8.31. The molecular weight excluding hydrogens is 376 g/mol. The van der Waals surface area contributed by atoms with Gasteiger partial charge in [-0.15, -0.1) is 0 Å². The molecule has 2 N–H and O–H groups in total. The Bertz CT molecular complexity index is 656. The second-order valence-corrected chi connectivity index (χ2v) is 9.05. The van der Waals surface area contributed by atoms with Crippen LogP contribution in [0.3, 0.4) is 0 Å². The molecule has 1 saturated carbocycles. The van der Waals surface area contributed by atoms with Crippen LogP contribution in [0.4, 0.5) is 0 Å². The van der Waals surface area contributed by atoms with Crippen molar-refractivity contribution in [3.8, 4) is 5.75 Å². The van der Waals surface area contributed by atoms with Crippen LogP contribution in [0.25, 0.3) is 0 Å². The maximum Gasteiger partial charge on any atom is 0.341 e. The van der Waals surface area contributed by atoms with Gasteiger partial charge in [0.25, 0.3) is 0 Å². The van der Waals surface area contributed by atoms with E-state index in [1.807, 2.05) is 26.0 Å². The highest BCUT2D eigenvalue weighted by Crippen LogP contribution is 2.48. The zero-order valence-electron chi connectivity index (χ0n) is 19.4. The number of unbranched alkanes of at least 4 members (excludes halogenated alkanes) is 2. The summed E-state index contributed by atoms with van der Waals surface area (Å²) >= 11 is 0. The molecule has 0 bridgehead atoms. The largest absolute Gasteiger partial charge is 0.482 e. The van der Waals surface area contributed by atoms with Gasteiger partial charge in [0.05, 0.1) is 6.10 Å². The molecule has 4 unspecified atom stereocenters. The third-order valence-corrected chi connectivity index (χ3v) is 6.99. The average molecular weight is 419 g/mol. The van der Waals surface area contributed by atoms with Gasteiger partial charge >= 0.3 is 5.97 Å². The number of ether oxygens (including phenoxy) is 1. The zero-order chi connectivity index (χ0) is 22.1. The Morgan fingerprint density at radius 3 is 2.67 bits per heavy atom. The van der Waals surface area contributed by atoms with Crippen LogP contribution in [-0.2, 0) is 17.6 Å². The number of rotatable bonds is 10. The maximum atomic E-state index is 10.9. The number of carboxylic acids is 1. The van der Waals surface area contributed by atoms with E-state index in [0.717, 1.165) is 37.2 Å². The molecule has 0 spiro atoms. The Hall–Kier alpha value is -1.55. The summed E-state index contributed by atoms with van der Waals surface area (Å²) in [4.78, 5) is 10.9. The van der Waals surface area contributed by atoms with Crippen LogP contribution in [-0.4, -0.2) is 28.9 Å². The molecule has 4 nitrogen and oxygen atoms in total. The molecule has 0 heterocycles. The quantitative estimate of drug-likeness (QED) is 0.465. The van der Waals surface area contributed by atoms with Crippen molar-refractivity contribution in [3.05, 3.63) is 29.3 Å². The first-order valence-electron chi connectivity index (χ1n) is 12.1. The van der Waals surface area contributed by atoms with Crippen LogP contribution in [0.2, 0.25) is 0 Å². The fraction of sp³-hybridized carbons (Fsp3) is 0.731. The van der Waals surface area contributed by atoms with Gasteiger partial charge in [0.1, 0.15) is 5.75 Å². The second-order valence-electron chi connectivity index (χ2n) is 9.05. The number of hydrogen-bond donors (Lipinski definition) is 2. The highest BCUT2D eigenvalue weighted by Gasteiger charge is 2.44. The monoisotopic (exact) mass is 418 g/mol. The number of benzene rings is 1. The van der Waals surface area contributed by atoms with E-state index in [9.17, 15) is 9.90 Å². The maximum absolute atomic E-state index is 10.9. The molecule has 0 saturated heterocycles. The summed E-state index contributed by atoms with van der Waals surface area (Å²) in [7, 11) is 0. The molecular formula is C26H42O4. The number of carbonyl (C=O) groups is 1. The molecule has 0 aromatic heterocycles. The molecule has 0 radical (unpaired) electrons. The Balaban J connectivity index is 0.00000155. The lowest BCUT2D eigenvalue weighted by atomic mass is 9.73. The van der Waals surface area contributed by atoms with Crippen LogP contribution in [0.1, 0.15) is 83.8 Å². The summed E-state index contributed by atoms with van der Waals surface area (Å²) in [6, 6.07) is 5.99. The SMILES string of the molecule is CC.CCCCCC(C)CCC1C2Cc3cccc(OCC(=O)O)c3CC2C[C@H]1O. The topological polar surface area (TPSA) is 66.8 Å². The highest BCUT2D eigenvalue weighted by molar-refractivity contribution is 5.68. The van der Waals surface area contributed by atoms with E-state index in [-0.39, 0.29) is 12.7 Å². The van der Waals surface area contributed by atoms with E-state index >= 15 is 0 Å². The van der Waals surface area contributed by atoms with Gasteiger partial charge in [0, 0.05) is 0 Å². The summed E-state index contributed by atoms with van der Waals surface area (Å²) in [6.07, 6.45) is 10.1. The minimum Gasteiger partial charge on any atom is -0.482 e. The van der Waals surface area contributed by atoms with Crippen molar-refractivity contribution in [1.29, 1.82) is 0 Å². The van der Waals surface area contributed by atoms with Crippen LogP contribution in [0.5, 0.6) is 5.75 Å². The Kier molecular flexibility index (Phi) is 10.2. The Labute approximate surface area is 183 Å². The minimum atomic E-state index is -0.948. The predicted octanol–water partition coefficient (Wildman–Crippen LogP) is 5.88. The van der Waals surface area contributed by atoms with Gasteiger partial charge in [0.2, 0.25) is 0 Å². The van der Waals surface area contributed by atoms with Crippen molar-refractivity contribution >= 4 is 5.97 Å². The van der Waals surface area contributed by atoms with E-state index in [0.29, 0.717) is 23.5 Å². The normalized spacial score (nSPS) is 25.5. The zero-order valence-corrected chi connectivity index (χ0v) is 19.4. The van der Waals surface area contributed by atoms with Crippen molar-refractivity contribution < 1.29 is 19.7 Å². The first-order chi connectivity index (χ1) is 14.5. The van der Waals surface area contributed by atoms with Crippen LogP contribution >= 0.6 is 0 Å².